The number of aromatic nitrogens is 1. The molecule has 0 aliphatic carbocycles. The SMILES string of the molecule is COc1cc(C(=O)Nc2cccc(-c3cccc(/C=C/c4cc(CN5CC[C@@H](C(=O)O)C5)ccc4C)c3C)c2C)ncc1CN1CC[C@@H](O)C1. The number of carboxylic acid groups (broad SMARTS) is 1. The highest BCUT2D eigenvalue weighted by Gasteiger charge is 2.28. The molecule has 9 nitrogen and oxygen atoms in total. The highest BCUT2D eigenvalue weighted by Crippen LogP contribution is 2.33. The summed E-state index contributed by atoms with van der Waals surface area (Å²) in [7, 11) is 1.59. The van der Waals surface area contributed by atoms with Crippen LogP contribution in [0.15, 0.2) is 66.9 Å². The topological polar surface area (TPSA) is 115 Å². The first-order valence-corrected chi connectivity index (χ1v) is 17.3. The van der Waals surface area contributed by atoms with Crippen LogP contribution in [0.5, 0.6) is 5.75 Å². The Bertz CT molecular complexity index is 1920. The number of methoxy groups -OCH3 is 1. The number of aryl methyl sites for hydroxylation is 1. The summed E-state index contributed by atoms with van der Waals surface area (Å²) >= 11 is 0. The number of anilines is 1. The minimum atomic E-state index is -0.708. The van der Waals surface area contributed by atoms with Crippen LogP contribution in [0.25, 0.3) is 23.3 Å². The number of benzene rings is 3. The Morgan fingerprint density at radius 3 is 2.34 bits per heavy atom. The van der Waals surface area contributed by atoms with Crippen molar-refractivity contribution in [3.05, 3.63) is 111 Å². The van der Waals surface area contributed by atoms with Gasteiger partial charge >= 0.3 is 5.97 Å². The van der Waals surface area contributed by atoms with Crippen LogP contribution in [0.4, 0.5) is 5.69 Å². The first-order chi connectivity index (χ1) is 24.1. The fourth-order valence-corrected chi connectivity index (χ4v) is 7.05. The number of rotatable bonds is 11. The number of aliphatic carboxylic acids is 1. The van der Waals surface area contributed by atoms with E-state index in [2.05, 4.69) is 88.6 Å². The van der Waals surface area contributed by atoms with Gasteiger partial charge in [0, 0.05) is 56.2 Å². The number of pyridine rings is 1. The molecule has 9 heteroatoms. The predicted octanol–water partition coefficient (Wildman–Crippen LogP) is 6.58. The molecule has 260 valence electrons. The summed E-state index contributed by atoms with van der Waals surface area (Å²) < 4.78 is 5.61. The van der Waals surface area contributed by atoms with Crippen molar-refractivity contribution in [1.29, 1.82) is 0 Å². The van der Waals surface area contributed by atoms with Gasteiger partial charge in [-0.15, -0.1) is 0 Å². The van der Waals surface area contributed by atoms with E-state index in [1.807, 2.05) is 19.1 Å². The first-order valence-electron chi connectivity index (χ1n) is 17.3. The summed E-state index contributed by atoms with van der Waals surface area (Å²) in [5, 5.41) is 22.3. The zero-order valence-electron chi connectivity index (χ0n) is 29.3. The second-order valence-corrected chi connectivity index (χ2v) is 13.6. The number of β-amino-alcohol motifs (C(OH)–C–C–N with tert-alkyl or cyclic N) is 1. The van der Waals surface area contributed by atoms with Crippen LogP contribution in [0.2, 0.25) is 0 Å². The highest BCUT2D eigenvalue weighted by atomic mass is 16.5. The number of amides is 1. The summed E-state index contributed by atoms with van der Waals surface area (Å²) in [6.07, 6.45) is 7.13. The van der Waals surface area contributed by atoms with Gasteiger partial charge in [-0.25, -0.2) is 0 Å². The molecule has 2 aliphatic heterocycles. The van der Waals surface area contributed by atoms with Gasteiger partial charge in [0.2, 0.25) is 0 Å². The van der Waals surface area contributed by atoms with Crippen LogP contribution in [0.1, 0.15) is 62.3 Å². The van der Waals surface area contributed by atoms with Gasteiger partial charge in [-0.3, -0.25) is 24.4 Å². The molecular weight excluding hydrogens is 628 g/mol. The molecule has 0 spiro atoms. The number of ether oxygens (including phenoxy) is 1. The number of nitrogens with one attached hydrogen (secondary N) is 1. The van der Waals surface area contributed by atoms with Crippen molar-refractivity contribution in [1.82, 2.24) is 14.8 Å². The quantitative estimate of drug-likeness (QED) is 0.153. The molecule has 2 saturated heterocycles. The van der Waals surface area contributed by atoms with Gasteiger partial charge in [-0.05, 0) is 90.7 Å². The smallest absolute Gasteiger partial charge is 0.307 e. The molecule has 1 aromatic heterocycles. The Morgan fingerprint density at radius 2 is 1.62 bits per heavy atom. The van der Waals surface area contributed by atoms with E-state index >= 15 is 0 Å². The zero-order valence-corrected chi connectivity index (χ0v) is 29.3. The molecule has 2 aliphatic rings. The maximum absolute atomic E-state index is 13.4. The van der Waals surface area contributed by atoms with E-state index < -0.39 is 5.97 Å². The van der Waals surface area contributed by atoms with Crippen LogP contribution in [0.3, 0.4) is 0 Å². The van der Waals surface area contributed by atoms with Crippen LogP contribution in [-0.4, -0.2) is 76.3 Å². The average Bonchev–Trinajstić information content (AvgIpc) is 3.75. The average molecular weight is 675 g/mol. The number of carboxylic acids is 1. The van der Waals surface area contributed by atoms with Gasteiger partial charge in [0.1, 0.15) is 11.4 Å². The molecule has 0 radical (unpaired) electrons. The number of hydrogen-bond donors (Lipinski definition) is 3. The molecule has 50 heavy (non-hydrogen) atoms. The van der Waals surface area contributed by atoms with Gasteiger partial charge in [0.15, 0.2) is 0 Å². The minimum Gasteiger partial charge on any atom is -0.496 e. The van der Waals surface area contributed by atoms with Gasteiger partial charge in [-0.2, -0.15) is 0 Å². The van der Waals surface area contributed by atoms with Crippen molar-refractivity contribution >= 4 is 29.7 Å². The Hall–Kier alpha value is -4.83. The molecule has 0 saturated carbocycles. The number of hydrogen-bond acceptors (Lipinski definition) is 7. The number of aliphatic hydroxyl groups is 1. The summed E-state index contributed by atoms with van der Waals surface area (Å²) in [6.45, 7) is 10.4. The monoisotopic (exact) mass is 674 g/mol. The van der Waals surface area contributed by atoms with Gasteiger partial charge in [-0.1, -0.05) is 60.7 Å². The highest BCUT2D eigenvalue weighted by molar-refractivity contribution is 6.04. The molecule has 2 atom stereocenters. The lowest BCUT2D eigenvalue weighted by atomic mass is 9.92. The maximum atomic E-state index is 13.4. The Balaban J connectivity index is 1.17. The number of carbonyl (C=O) groups is 2. The molecule has 0 bridgehead atoms. The van der Waals surface area contributed by atoms with Crippen molar-refractivity contribution in [3.8, 4) is 16.9 Å². The summed E-state index contributed by atoms with van der Waals surface area (Å²) in [4.78, 5) is 33.6. The number of likely N-dealkylation sites (tertiary alicyclic amines) is 2. The largest absolute Gasteiger partial charge is 0.496 e. The third kappa shape index (κ3) is 7.97. The molecule has 1 amide bonds. The third-order valence-electron chi connectivity index (χ3n) is 10.1. The number of carbonyl (C=O) groups excluding carboxylic acids is 1. The molecule has 0 unspecified atom stereocenters. The first kappa shape index (κ1) is 35.0. The second kappa shape index (κ2) is 15.4. The van der Waals surface area contributed by atoms with E-state index in [4.69, 9.17) is 4.74 Å². The fraction of sp³-hybridized carbons (Fsp3) is 0.341. The number of aliphatic hydroxyl groups excluding tert-OH is 1. The third-order valence-corrected chi connectivity index (χ3v) is 10.1. The Morgan fingerprint density at radius 1 is 0.900 bits per heavy atom. The maximum Gasteiger partial charge on any atom is 0.307 e. The lowest BCUT2D eigenvalue weighted by Crippen LogP contribution is -2.22. The summed E-state index contributed by atoms with van der Waals surface area (Å²) in [5.74, 6) is -0.708. The van der Waals surface area contributed by atoms with Gasteiger partial charge in [0.05, 0.1) is 19.1 Å². The second-order valence-electron chi connectivity index (χ2n) is 13.6. The molecule has 3 aromatic carbocycles. The van der Waals surface area contributed by atoms with Crippen LogP contribution < -0.4 is 10.1 Å². The van der Waals surface area contributed by atoms with Crippen molar-refractivity contribution in [2.45, 2.75) is 52.8 Å². The van der Waals surface area contributed by atoms with Crippen LogP contribution in [0, 0.1) is 26.7 Å². The molecule has 3 heterocycles. The molecule has 4 aromatic rings. The molecule has 6 rings (SSSR count). The van der Waals surface area contributed by atoms with Crippen molar-refractivity contribution in [2.24, 2.45) is 5.92 Å². The van der Waals surface area contributed by atoms with E-state index in [-0.39, 0.29) is 23.6 Å². The van der Waals surface area contributed by atoms with Crippen LogP contribution in [-0.2, 0) is 17.9 Å². The fourth-order valence-electron chi connectivity index (χ4n) is 7.05. The Kier molecular flexibility index (Phi) is 10.8. The van der Waals surface area contributed by atoms with E-state index in [0.717, 1.165) is 65.0 Å². The van der Waals surface area contributed by atoms with E-state index in [0.29, 0.717) is 37.5 Å². The van der Waals surface area contributed by atoms with Gasteiger partial charge < -0.3 is 20.3 Å². The summed E-state index contributed by atoms with van der Waals surface area (Å²) in [5.41, 5.74) is 10.7. The van der Waals surface area contributed by atoms with Crippen molar-refractivity contribution in [2.75, 3.05) is 38.6 Å². The van der Waals surface area contributed by atoms with E-state index in [1.165, 1.54) is 11.1 Å². The van der Waals surface area contributed by atoms with E-state index in [9.17, 15) is 19.8 Å². The lowest BCUT2D eigenvalue weighted by Gasteiger charge is -2.18. The normalized spacial score (nSPS) is 18.2. The summed E-state index contributed by atoms with van der Waals surface area (Å²) in [6, 6.07) is 20.3. The van der Waals surface area contributed by atoms with E-state index in [1.54, 1.807) is 19.4 Å². The molecule has 3 N–H and O–H groups in total. The van der Waals surface area contributed by atoms with Crippen LogP contribution >= 0.6 is 0 Å². The van der Waals surface area contributed by atoms with Gasteiger partial charge in [0.25, 0.3) is 5.91 Å². The van der Waals surface area contributed by atoms with Crippen molar-refractivity contribution < 1.29 is 24.5 Å². The standard InChI is InChI=1S/C41H46N4O5/c1-26-11-12-29(22-44-17-15-32(23-44)41(48)49)19-31(26)14-13-30-7-5-8-35(27(30)2)36-9-6-10-37(28(36)3)43-40(47)38-20-39(50-4)33(21-42-38)24-45-18-16-34(46)25-45/h5-14,19-21,32,34,46H,15-18,22-25H2,1-4H3,(H,43,47)(H,48,49)/b14-13+/t32-,34-/m1/s1. The Labute approximate surface area is 294 Å². The molecular formula is C41H46N4O5. The lowest BCUT2D eigenvalue weighted by molar-refractivity contribution is -0.141. The van der Waals surface area contributed by atoms with Crippen molar-refractivity contribution in [3.63, 3.8) is 0 Å². The zero-order chi connectivity index (χ0) is 35.4. The molecule has 2 fully saturated rings. The minimum absolute atomic E-state index is 0.268. The predicted molar refractivity (Wildman–Crippen MR) is 197 cm³/mol. The number of nitrogens with zero attached hydrogens (tertiary/aromatic N) is 3.